The molecule has 2 heterocycles. The van der Waals surface area contributed by atoms with E-state index in [-0.39, 0.29) is 41.7 Å². The van der Waals surface area contributed by atoms with Crippen LogP contribution in [-0.2, 0) is 19.1 Å². The van der Waals surface area contributed by atoms with Crippen molar-refractivity contribution < 1.29 is 29.3 Å². The van der Waals surface area contributed by atoms with Gasteiger partial charge in [0.15, 0.2) is 0 Å². The van der Waals surface area contributed by atoms with Crippen LogP contribution in [0.15, 0.2) is 34.4 Å². The van der Waals surface area contributed by atoms with Gasteiger partial charge in [-0.1, -0.05) is 24.6 Å². The van der Waals surface area contributed by atoms with E-state index >= 15 is 0 Å². The van der Waals surface area contributed by atoms with Gasteiger partial charge in [-0.2, -0.15) is 0 Å². The Labute approximate surface area is 212 Å². The van der Waals surface area contributed by atoms with E-state index in [1.807, 2.05) is 13.8 Å². The van der Waals surface area contributed by atoms with Gasteiger partial charge >= 0.3 is 11.9 Å². The fourth-order valence-corrected chi connectivity index (χ4v) is 10.4. The average molecular weight is 495 g/mol. The molecule has 5 aliphatic carbocycles. The van der Waals surface area contributed by atoms with Crippen molar-refractivity contribution in [1.29, 1.82) is 0 Å². The molecule has 0 amide bonds. The fourth-order valence-electron chi connectivity index (χ4n) is 10.4. The van der Waals surface area contributed by atoms with Crippen LogP contribution < -0.4 is 0 Å². The average Bonchev–Trinajstić information content (AvgIpc) is 3.48. The van der Waals surface area contributed by atoms with E-state index < -0.39 is 28.1 Å². The molecule has 0 radical (unpaired) electrons. The minimum atomic E-state index is -0.998. The minimum Gasteiger partial charge on any atom is -0.461 e. The van der Waals surface area contributed by atoms with Crippen LogP contribution in [0.1, 0.15) is 79.1 Å². The molecule has 2 aliphatic heterocycles. The van der Waals surface area contributed by atoms with Gasteiger partial charge in [0, 0.05) is 28.7 Å². The molecule has 6 nitrogen and oxygen atoms in total. The third-order valence-electron chi connectivity index (χ3n) is 11.9. The normalized spacial score (nSPS) is 53.2. The molecule has 36 heavy (non-hydrogen) atoms. The predicted molar refractivity (Wildman–Crippen MR) is 131 cm³/mol. The number of aliphatic hydroxyl groups is 2. The van der Waals surface area contributed by atoms with Crippen LogP contribution in [0, 0.1) is 34.5 Å². The maximum Gasteiger partial charge on any atom is 0.334 e. The molecular formula is C30H38O6. The molecule has 7 aliphatic rings. The Morgan fingerprint density at radius 3 is 2.47 bits per heavy atom. The van der Waals surface area contributed by atoms with E-state index in [0.717, 1.165) is 36.8 Å². The number of rotatable bonds is 0. The molecule has 0 aromatic carbocycles. The number of hydrogen-bond acceptors (Lipinski definition) is 6. The monoisotopic (exact) mass is 494 g/mol. The highest BCUT2D eigenvalue weighted by Crippen LogP contribution is 2.76. The van der Waals surface area contributed by atoms with Gasteiger partial charge in [-0.3, -0.25) is 4.79 Å². The molecule has 2 saturated carbocycles. The first-order chi connectivity index (χ1) is 16.8. The zero-order chi connectivity index (χ0) is 25.6. The van der Waals surface area contributed by atoms with E-state index in [1.165, 1.54) is 11.1 Å². The first-order valence-corrected chi connectivity index (χ1v) is 13.8. The molecule has 6 heteroatoms. The lowest BCUT2D eigenvalue weighted by molar-refractivity contribution is -0.155. The van der Waals surface area contributed by atoms with Crippen LogP contribution in [-0.4, -0.2) is 45.6 Å². The highest BCUT2D eigenvalue weighted by Gasteiger charge is 2.77. The van der Waals surface area contributed by atoms with Gasteiger partial charge in [0.2, 0.25) is 0 Å². The van der Waals surface area contributed by atoms with Crippen molar-refractivity contribution in [2.45, 2.75) is 102 Å². The number of hydrogen-bond donors (Lipinski definition) is 2. The molecule has 0 aromatic heterocycles. The smallest absolute Gasteiger partial charge is 0.334 e. The van der Waals surface area contributed by atoms with Gasteiger partial charge in [-0.25, -0.2) is 4.79 Å². The van der Waals surface area contributed by atoms with Crippen LogP contribution >= 0.6 is 0 Å². The van der Waals surface area contributed by atoms with Crippen LogP contribution in [0.3, 0.4) is 0 Å². The van der Waals surface area contributed by atoms with Crippen molar-refractivity contribution in [3.05, 3.63) is 34.4 Å². The van der Waals surface area contributed by atoms with Crippen molar-refractivity contribution in [3.63, 3.8) is 0 Å². The lowest BCUT2D eigenvalue weighted by Gasteiger charge is -2.48. The predicted octanol–water partition coefficient (Wildman–Crippen LogP) is 4.15. The summed E-state index contributed by atoms with van der Waals surface area (Å²) in [6, 6.07) is 0. The van der Waals surface area contributed by atoms with E-state index in [1.54, 1.807) is 0 Å². The molecule has 2 N–H and O–H groups in total. The summed E-state index contributed by atoms with van der Waals surface area (Å²) in [6.45, 7) is 12.2. The first kappa shape index (κ1) is 23.2. The van der Waals surface area contributed by atoms with Crippen molar-refractivity contribution >= 4 is 11.9 Å². The van der Waals surface area contributed by atoms with E-state index in [2.05, 4.69) is 20.4 Å². The molecule has 4 fully saturated rings. The summed E-state index contributed by atoms with van der Waals surface area (Å²) in [4.78, 5) is 26.8. The third-order valence-corrected chi connectivity index (χ3v) is 11.9. The second-order valence-corrected chi connectivity index (χ2v) is 13.7. The lowest BCUT2D eigenvalue weighted by Crippen LogP contribution is -2.51. The summed E-state index contributed by atoms with van der Waals surface area (Å²) in [5.74, 6) is -0.816. The second kappa shape index (κ2) is 6.74. The quantitative estimate of drug-likeness (QED) is 0.299. The molecular weight excluding hydrogens is 456 g/mol. The topological polar surface area (TPSA) is 93.1 Å². The summed E-state index contributed by atoms with van der Waals surface area (Å²) in [7, 11) is 0. The van der Waals surface area contributed by atoms with Gasteiger partial charge in [0.25, 0.3) is 0 Å². The van der Waals surface area contributed by atoms with Gasteiger partial charge in [0.05, 0.1) is 16.6 Å². The highest BCUT2D eigenvalue weighted by atomic mass is 16.6. The number of ether oxygens (including phenoxy) is 2. The Kier molecular flexibility index (Phi) is 4.35. The van der Waals surface area contributed by atoms with Crippen molar-refractivity contribution in [2.24, 2.45) is 34.5 Å². The Morgan fingerprint density at radius 2 is 1.72 bits per heavy atom. The number of carbonyl (C=O) groups excluding carboxylic acids is 2. The summed E-state index contributed by atoms with van der Waals surface area (Å²) in [5.41, 5.74) is 1.87. The van der Waals surface area contributed by atoms with Gasteiger partial charge in [-0.05, 0) is 89.2 Å². The second-order valence-electron chi connectivity index (χ2n) is 13.7. The van der Waals surface area contributed by atoms with Gasteiger partial charge in [0.1, 0.15) is 12.2 Å². The SMILES string of the molecule is C=C1C(=O)O[C@@H]2C3=C([C@H]4C[C@]3(C)[C@]3(C4)C(=O)O[C@@H]4C5C(=C(C)CC[C@H]43)CC[C@@]5(C)O)[C@@](C)(O)CC[C@@H]12. The Morgan fingerprint density at radius 1 is 0.972 bits per heavy atom. The Hall–Kier alpha value is -1.92. The van der Waals surface area contributed by atoms with E-state index in [4.69, 9.17) is 9.47 Å². The molecule has 1 spiro atoms. The Bertz CT molecular complexity index is 1190. The largest absolute Gasteiger partial charge is 0.461 e. The number of esters is 2. The minimum absolute atomic E-state index is 0.0250. The first-order valence-electron chi connectivity index (χ1n) is 13.8. The van der Waals surface area contributed by atoms with Crippen LogP contribution in [0.4, 0.5) is 0 Å². The summed E-state index contributed by atoms with van der Waals surface area (Å²) >= 11 is 0. The van der Waals surface area contributed by atoms with Crippen LogP contribution in [0.25, 0.3) is 0 Å². The summed E-state index contributed by atoms with van der Waals surface area (Å²) in [5, 5.41) is 23.1. The molecule has 7 rings (SSSR count). The van der Waals surface area contributed by atoms with Crippen LogP contribution in [0.2, 0.25) is 0 Å². The van der Waals surface area contributed by atoms with Crippen molar-refractivity contribution in [2.75, 3.05) is 0 Å². The molecule has 2 saturated heterocycles. The lowest BCUT2D eigenvalue weighted by atomic mass is 9.52. The van der Waals surface area contributed by atoms with Crippen molar-refractivity contribution in [1.82, 2.24) is 0 Å². The summed E-state index contributed by atoms with van der Waals surface area (Å²) in [6.07, 6.45) is 5.11. The van der Waals surface area contributed by atoms with Crippen LogP contribution in [0.5, 0.6) is 0 Å². The molecule has 0 aromatic rings. The highest BCUT2D eigenvalue weighted by molar-refractivity contribution is 5.92. The Balaban J connectivity index is 1.39. The van der Waals surface area contributed by atoms with Gasteiger partial charge in [-0.15, -0.1) is 0 Å². The van der Waals surface area contributed by atoms with E-state index in [0.29, 0.717) is 31.3 Å². The zero-order valence-corrected chi connectivity index (χ0v) is 21.9. The molecule has 2 bridgehead atoms. The maximum absolute atomic E-state index is 14.2. The maximum atomic E-state index is 14.2. The van der Waals surface area contributed by atoms with Gasteiger partial charge < -0.3 is 19.7 Å². The third kappa shape index (κ3) is 2.47. The molecule has 10 atom stereocenters. The number of carbonyl (C=O) groups is 2. The standard InChI is InChI=1S/C30H38O6/c1-14-6-7-19-24(21-17(14)8-10-29(21,5)34)36-26(32)30(19)13-16-12-27(30,3)22-20(16)28(4,33)11-9-18-15(2)25(31)35-23(18)22/h16,18-19,21,23-24,33-34H,2,6-13H2,1,3-5H3/t16-,18-,19+,21?,23-,24-,27-,28-,29+,30-/m0/s1. The van der Waals surface area contributed by atoms with Crippen molar-refractivity contribution in [3.8, 4) is 0 Å². The number of allylic oxidation sites excluding steroid dienone is 1. The van der Waals surface area contributed by atoms with E-state index in [9.17, 15) is 19.8 Å². The number of fused-ring (bicyclic) bond motifs is 11. The fraction of sp³-hybridized carbons (Fsp3) is 0.733. The molecule has 194 valence electrons. The zero-order valence-electron chi connectivity index (χ0n) is 21.9. The molecule has 1 unspecified atom stereocenters. The summed E-state index contributed by atoms with van der Waals surface area (Å²) < 4.78 is 12.4.